The Kier molecular flexibility index (Phi) is 10.6. The van der Waals surface area contributed by atoms with Gasteiger partial charge in [-0.15, -0.1) is 0 Å². The Balaban J connectivity index is 0.000000617. The van der Waals surface area contributed by atoms with Gasteiger partial charge in [-0.05, 0) is 73.0 Å². The number of halogens is 4. The molecule has 2 N–H and O–H groups in total. The van der Waals surface area contributed by atoms with Crippen molar-refractivity contribution in [2.75, 3.05) is 32.1 Å². The standard InChI is InChI=1S/C29H28FN5O3S.C2HF3O2/c1-38-18-26(21-6-9-23(30)10-7-21)34-28-13-8-22-17-24(11-12-25(22)33-28)39(36,37)35-16-4-14-29(19-31,20-35)27-5-2-3-15-32-27;3-2(4,5)1(6)7/h2-3,5-13,15,17,26H,4,14,16,18,20H2,1H3,(H,33,34);(H,6,7). The minimum Gasteiger partial charge on any atom is -0.475 e. The number of benzene rings is 2. The summed E-state index contributed by atoms with van der Waals surface area (Å²) in [4.78, 5) is 18.1. The number of nitriles is 1. The third-order valence-corrected chi connectivity index (χ3v) is 9.14. The van der Waals surface area contributed by atoms with E-state index in [9.17, 15) is 31.2 Å². The molecule has 0 saturated carbocycles. The average molecular weight is 660 g/mol. The third-order valence-electron chi connectivity index (χ3n) is 7.30. The van der Waals surface area contributed by atoms with Gasteiger partial charge in [-0.25, -0.2) is 22.6 Å². The van der Waals surface area contributed by atoms with E-state index in [-0.39, 0.29) is 23.3 Å². The number of sulfonamides is 1. The number of nitrogens with one attached hydrogen (secondary N) is 1. The van der Waals surface area contributed by atoms with Crippen molar-refractivity contribution in [1.82, 2.24) is 14.3 Å². The number of ether oxygens (including phenoxy) is 1. The van der Waals surface area contributed by atoms with Crippen molar-refractivity contribution in [2.45, 2.75) is 35.4 Å². The zero-order chi connectivity index (χ0) is 33.5. The van der Waals surface area contributed by atoms with Crippen molar-refractivity contribution in [1.29, 1.82) is 5.26 Å². The molecule has 0 spiro atoms. The molecular formula is C31H29F4N5O5S. The summed E-state index contributed by atoms with van der Waals surface area (Å²) in [6.45, 7) is 0.731. The van der Waals surface area contributed by atoms with Gasteiger partial charge < -0.3 is 15.2 Å². The number of carboxylic acids is 1. The molecule has 1 aliphatic rings. The van der Waals surface area contributed by atoms with Gasteiger partial charge in [0.1, 0.15) is 17.1 Å². The highest BCUT2D eigenvalue weighted by atomic mass is 32.2. The molecule has 4 aromatic rings. The van der Waals surface area contributed by atoms with Crippen LogP contribution in [0.1, 0.15) is 30.1 Å². The lowest BCUT2D eigenvalue weighted by atomic mass is 9.79. The lowest BCUT2D eigenvalue weighted by Crippen LogP contribution is -2.48. The van der Waals surface area contributed by atoms with Gasteiger partial charge in [0.05, 0.1) is 34.8 Å². The van der Waals surface area contributed by atoms with Crippen molar-refractivity contribution >= 4 is 32.7 Å². The summed E-state index contributed by atoms with van der Waals surface area (Å²) in [7, 11) is -2.26. The van der Waals surface area contributed by atoms with Crippen LogP contribution in [0.25, 0.3) is 10.9 Å². The first-order valence-electron chi connectivity index (χ1n) is 13.8. The van der Waals surface area contributed by atoms with Crippen LogP contribution in [-0.2, 0) is 25.0 Å². The topological polar surface area (TPSA) is 146 Å². The number of pyridine rings is 2. The number of anilines is 1. The van der Waals surface area contributed by atoms with E-state index in [1.54, 1.807) is 61.8 Å². The molecule has 10 nitrogen and oxygen atoms in total. The van der Waals surface area contributed by atoms with Crippen LogP contribution in [0.5, 0.6) is 0 Å². The molecule has 1 saturated heterocycles. The number of methoxy groups -OCH3 is 1. The highest BCUT2D eigenvalue weighted by molar-refractivity contribution is 7.89. The Bertz CT molecular complexity index is 1820. The molecule has 0 aliphatic carbocycles. The van der Waals surface area contributed by atoms with E-state index in [2.05, 4.69) is 21.4 Å². The number of fused-ring (bicyclic) bond motifs is 1. The minimum atomic E-state index is -5.08. The molecule has 0 amide bonds. The van der Waals surface area contributed by atoms with E-state index in [0.717, 1.165) is 5.56 Å². The first-order valence-corrected chi connectivity index (χ1v) is 15.3. The van der Waals surface area contributed by atoms with Gasteiger partial charge in [0, 0.05) is 31.8 Å². The van der Waals surface area contributed by atoms with E-state index in [4.69, 9.17) is 14.6 Å². The summed E-state index contributed by atoms with van der Waals surface area (Å²) in [6.07, 6.45) is -2.35. The second kappa shape index (κ2) is 14.2. The molecule has 1 aliphatic heterocycles. The molecule has 0 radical (unpaired) electrons. The predicted octanol–water partition coefficient (Wildman–Crippen LogP) is 5.45. The van der Waals surface area contributed by atoms with Gasteiger partial charge in [0.15, 0.2) is 0 Å². The predicted molar refractivity (Wildman–Crippen MR) is 160 cm³/mol. The first-order chi connectivity index (χ1) is 21.8. The molecule has 242 valence electrons. The van der Waals surface area contributed by atoms with Crippen LogP contribution in [0, 0.1) is 17.1 Å². The quantitative estimate of drug-likeness (QED) is 0.236. The van der Waals surface area contributed by atoms with Crippen molar-refractivity contribution < 1.29 is 40.6 Å². The number of hydrogen-bond acceptors (Lipinski definition) is 8. The summed E-state index contributed by atoms with van der Waals surface area (Å²) < 4.78 is 79.1. The summed E-state index contributed by atoms with van der Waals surface area (Å²) in [5.74, 6) is -2.49. The van der Waals surface area contributed by atoms with Crippen molar-refractivity contribution in [3.63, 3.8) is 0 Å². The monoisotopic (exact) mass is 659 g/mol. The number of carbonyl (C=O) groups is 1. The van der Waals surface area contributed by atoms with Gasteiger partial charge in [-0.1, -0.05) is 18.2 Å². The smallest absolute Gasteiger partial charge is 0.475 e. The largest absolute Gasteiger partial charge is 0.490 e. The van der Waals surface area contributed by atoms with Crippen LogP contribution < -0.4 is 5.32 Å². The van der Waals surface area contributed by atoms with Crippen LogP contribution in [0.3, 0.4) is 0 Å². The van der Waals surface area contributed by atoms with E-state index in [0.29, 0.717) is 48.4 Å². The number of alkyl halides is 3. The van der Waals surface area contributed by atoms with Crippen LogP contribution >= 0.6 is 0 Å². The molecule has 2 aromatic carbocycles. The van der Waals surface area contributed by atoms with Gasteiger partial charge >= 0.3 is 12.1 Å². The van der Waals surface area contributed by atoms with Crippen molar-refractivity contribution in [3.05, 3.63) is 96.1 Å². The number of nitrogens with zero attached hydrogens (tertiary/aromatic N) is 4. The maximum atomic E-state index is 13.7. The van der Waals surface area contributed by atoms with Crippen LogP contribution in [-0.4, -0.2) is 66.7 Å². The Labute approximate surface area is 262 Å². The molecule has 1 fully saturated rings. The van der Waals surface area contributed by atoms with Gasteiger partial charge in [-0.3, -0.25) is 4.98 Å². The zero-order valence-electron chi connectivity index (χ0n) is 24.4. The fourth-order valence-corrected chi connectivity index (χ4v) is 6.55. The van der Waals surface area contributed by atoms with E-state index in [1.165, 1.54) is 16.4 Å². The molecule has 46 heavy (non-hydrogen) atoms. The number of aromatic nitrogens is 2. The highest BCUT2D eigenvalue weighted by Crippen LogP contribution is 2.35. The van der Waals surface area contributed by atoms with Crippen LogP contribution in [0.15, 0.2) is 83.9 Å². The molecular weight excluding hydrogens is 630 g/mol. The van der Waals surface area contributed by atoms with Crippen molar-refractivity contribution in [2.24, 2.45) is 0 Å². The van der Waals surface area contributed by atoms with Gasteiger partial charge in [-0.2, -0.15) is 22.7 Å². The number of piperidine rings is 1. The van der Waals surface area contributed by atoms with E-state index >= 15 is 0 Å². The minimum absolute atomic E-state index is 0.0479. The zero-order valence-corrected chi connectivity index (χ0v) is 25.2. The lowest BCUT2D eigenvalue weighted by Gasteiger charge is -2.37. The SMILES string of the molecule is COCC(Nc1ccc2cc(S(=O)(=O)N3CCCC(C#N)(c4ccccn4)C3)ccc2n1)c1ccc(F)cc1.O=C(O)C(F)(F)F. The fourth-order valence-electron chi connectivity index (χ4n) is 4.98. The summed E-state index contributed by atoms with van der Waals surface area (Å²) >= 11 is 0. The average Bonchev–Trinajstić information content (AvgIpc) is 3.05. The third kappa shape index (κ3) is 7.94. The number of hydrogen-bond donors (Lipinski definition) is 2. The summed E-state index contributed by atoms with van der Waals surface area (Å²) in [5.41, 5.74) is 1.06. The lowest BCUT2D eigenvalue weighted by molar-refractivity contribution is -0.192. The van der Waals surface area contributed by atoms with E-state index in [1.807, 2.05) is 12.1 Å². The number of rotatable bonds is 8. The molecule has 2 aromatic heterocycles. The maximum absolute atomic E-state index is 13.7. The molecule has 2 atom stereocenters. The second-order valence-electron chi connectivity index (χ2n) is 10.4. The Hall–Kier alpha value is -4.65. The Morgan fingerprint density at radius 3 is 2.48 bits per heavy atom. The summed E-state index contributed by atoms with van der Waals surface area (Å²) in [6, 6.07) is 22.1. The molecule has 5 rings (SSSR count). The molecule has 15 heteroatoms. The molecule has 0 bridgehead atoms. The second-order valence-corrected chi connectivity index (χ2v) is 12.3. The highest BCUT2D eigenvalue weighted by Gasteiger charge is 2.43. The maximum Gasteiger partial charge on any atom is 0.490 e. The summed E-state index contributed by atoms with van der Waals surface area (Å²) in [5, 5.41) is 21.2. The van der Waals surface area contributed by atoms with Gasteiger partial charge in [0.25, 0.3) is 0 Å². The fraction of sp³-hybridized carbons (Fsp3) is 0.290. The van der Waals surface area contributed by atoms with Gasteiger partial charge in [0.2, 0.25) is 10.0 Å². The van der Waals surface area contributed by atoms with Crippen molar-refractivity contribution in [3.8, 4) is 6.07 Å². The Morgan fingerprint density at radius 2 is 1.87 bits per heavy atom. The molecule has 2 unspecified atom stereocenters. The number of carboxylic acid groups (broad SMARTS) is 1. The van der Waals surface area contributed by atoms with Crippen LogP contribution in [0.2, 0.25) is 0 Å². The Morgan fingerprint density at radius 1 is 1.15 bits per heavy atom. The van der Waals surface area contributed by atoms with E-state index < -0.39 is 27.6 Å². The normalized spacial score (nSPS) is 17.7. The van der Waals surface area contributed by atoms with Crippen LogP contribution in [0.4, 0.5) is 23.4 Å². The first kappa shape index (κ1) is 34.2. The number of aliphatic carboxylic acids is 1. The molecule has 3 heterocycles.